The molecule has 1 saturated carbocycles. The molecular weight excluding hydrogens is 241 g/mol. The van der Waals surface area contributed by atoms with Crippen molar-refractivity contribution in [3.63, 3.8) is 0 Å². The Morgan fingerprint density at radius 3 is 2.68 bits per heavy atom. The minimum absolute atomic E-state index is 0.121. The Morgan fingerprint density at radius 2 is 2.00 bits per heavy atom. The number of hydrogen-bond acceptors (Lipinski definition) is 1. The van der Waals surface area contributed by atoms with Gasteiger partial charge in [0.25, 0.3) is 0 Å². The first-order chi connectivity index (χ1) is 9.16. The first-order valence-electron chi connectivity index (χ1n) is 7.14. The van der Waals surface area contributed by atoms with E-state index in [4.69, 9.17) is 0 Å². The van der Waals surface area contributed by atoms with Crippen LogP contribution in [0.15, 0.2) is 24.3 Å². The molecule has 1 aliphatic rings. The van der Waals surface area contributed by atoms with E-state index in [2.05, 4.69) is 0 Å². The summed E-state index contributed by atoms with van der Waals surface area (Å²) in [5, 5.41) is 0. The lowest BCUT2D eigenvalue weighted by Crippen LogP contribution is -2.26. The van der Waals surface area contributed by atoms with Crippen LogP contribution in [-0.2, 0) is 11.3 Å². The smallest absolute Gasteiger partial charge is 0.222 e. The highest BCUT2D eigenvalue weighted by molar-refractivity contribution is 5.75. The van der Waals surface area contributed by atoms with E-state index in [0.717, 1.165) is 12.3 Å². The molecule has 19 heavy (non-hydrogen) atoms. The molecule has 0 bridgehead atoms. The van der Waals surface area contributed by atoms with E-state index >= 15 is 0 Å². The van der Waals surface area contributed by atoms with Crippen molar-refractivity contribution in [2.24, 2.45) is 5.92 Å². The van der Waals surface area contributed by atoms with E-state index in [1.165, 1.54) is 31.7 Å². The van der Waals surface area contributed by atoms with Crippen molar-refractivity contribution in [1.29, 1.82) is 0 Å². The minimum Gasteiger partial charge on any atom is -0.341 e. The van der Waals surface area contributed by atoms with Gasteiger partial charge in [-0.05, 0) is 18.4 Å². The van der Waals surface area contributed by atoms with E-state index in [1.807, 2.05) is 0 Å². The van der Waals surface area contributed by atoms with Crippen LogP contribution in [-0.4, -0.2) is 17.9 Å². The quantitative estimate of drug-likeness (QED) is 0.792. The molecular formula is C16H22FNO. The number of amides is 1. The molecule has 104 valence electrons. The van der Waals surface area contributed by atoms with Crippen molar-refractivity contribution in [3.05, 3.63) is 35.6 Å². The molecule has 1 aliphatic carbocycles. The van der Waals surface area contributed by atoms with Gasteiger partial charge >= 0.3 is 0 Å². The van der Waals surface area contributed by atoms with Gasteiger partial charge in [0.15, 0.2) is 0 Å². The second-order valence-corrected chi connectivity index (χ2v) is 5.53. The largest absolute Gasteiger partial charge is 0.341 e. The Kier molecular flexibility index (Phi) is 4.94. The number of benzene rings is 1. The molecule has 2 nitrogen and oxygen atoms in total. The van der Waals surface area contributed by atoms with Gasteiger partial charge < -0.3 is 4.90 Å². The van der Waals surface area contributed by atoms with Crippen LogP contribution in [0, 0.1) is 11.7 Å². The van der Waals surface area contributed by atoms with E-state index in [1.54, 1.807) is 30.1 Å². The van der Waals surface area contributed by atoms with E-state index in [0.29, 0.717) is 18.5 Å². The number of rotatable bonds is 5. The third-order valence-corrected chi connectivity index (χ3v) is 4.03. The number of nitrogens with zero attached hydrogens (tertiary/aromatic N) is 1. The van der Waals surface area contributed by atoms with Gasteiger partial charge in [0.1, 0.15) is 5.82 Å². The molecule has 0 spiro atoms. The van der Waals surface area contributed by atoms with Crippen LogP contribution in [0.2, 0.25) is 0 Å². The Morgan fingerprint density at radius 1 is 1.32 bits per heavy atom. The van der Waals surface area contributed by atoms with Crippen molar-refractivity contribution in [2.75, 3.05) is 7.05 Å². The van der Waals surface area contributed by atoms with Crippen LogP contribution in [0.1, 0.15) is 44.1 Å². The molecule has 0 saturated heterocycles. The third kappa shape index (κ3) is 4.05. The monoisotopic (exact) mass is 263 g/mol. The summed E-state index contributed by atoms with van der Waals surface area (Å²) in [6, 6.07) is 6.64. The second-order valence-electron chi connectivity index (χ2n) is 5.53. The highest BCUT2D eigenvalue weighted by Crippen LogP contribution is 2.28. The fourth-order valence-electron chi connectivity index (χ4n) is 2.79. The van der Waals surface area contributed by atoms with E-state index in [-0.39, 0.29) is 11.7 Å². The molecule has 0 aromatic heterocycles. The van der Waals surface area contributed by atoms with Gasteiger partial charge in [0.05, 0.1) is 0 Å². The zero-order valence-corrected chi connectivity index (χ0v) is 11.6. The normalized spacial score (nSPS) is 15.7. The summed E-state index contributed by atoms with van der Waals surface area (Å²) in [5.41, 5.74) is 0.583. The summed E-state index contributed by atoms with van der Waals surface area (Å²) in [6.07, 6.45) is 6.73. The molecule has 1 aromatic carbocycles. The lowest BCUT2D eigenvalue weighted by atomic mass is 10.0. The molecule has 1 amide bonds. The Balaban J connectivity index is 1.80. The average molecular weight is 263 g/mol. The Bertz CT molecular complexity index is 427. The number of halogens is 1. The summed E-state index contributed by atoms with van der Waals surface area (Å²) < 4.78 is 13.5. The zero-order valence-electron chi connectivity index (χ0n) is 11.6. The first-order valence-corrected chi connectivity index (χ1v) is 7.14. The fourth-order valence-corrected chi connectivity index (χ4v) is 2.79. The maximum absolute atomic E-state index is 13.5. The van der Waals surface area contributed by atoms with Gasteiger partial charge in [-0.2, -0.15) is 0 Å². The predicted molar refractivity (Wildman–Crippen MR) is 74.1 cm³/mol. The summed E-state index contributed by atoms with van der Waals surface area (Å²) in [5.74, 6) is 0.610. The molecule has 1 fully saturated rings. The number of carbonyl (C=O) groups excluding carboxylic acids is 1. The van der Waals surface area contributed by atoms with Crippen molar-refractivity contribution < 1.29 is 9.18 Å². The molecule has 0 radical (unpaired) electrons. The standard InChI is InChI=1S/C16H22FNO/c1-18(12-14-8-4-5-9-15(14)17)16(19)11-10-13-6-2-3-7-13/h4-5,8-9,13H,2-3,6-7,10-12H2,1H3. The fraction of sp³-hybridized carbons (Fsp3) is 0.562. The summed E-state index contributed by atoms with van der Waals surface area (Å²) in [7, 11) is 1.75. The van der Waals surface area contributed by atoms with E-state index in [9.17, 15) is 9.18 Å². The van der Waals surface area contributed by atoms with Gasteiger partial charge in [0, 0.05) is 25.6 Å². The average Bonchev–Trinajstić information content (AvgIpc) is 2.91. The van der Waals surface area contributed by atoms with Crippen molar-refractivity contribution >= 4 is 5.91 Å². The number of hydrogen-bond donors (Lipinski definition) is 0. The van der Waals surface area contributed by atoms with Gasteiger partial charge in [-0.1, -0.05) is 43.9 Å². The molecule has 2 rings (SSSR count). The van der Waals surface area contributed by atoms with Crippen LogP contribution in [0.25, 0.3) is 0 Å². The van der Waals surface area contributed by atoms with Gasteiger partial charge in [-0.3, -0.25) is 4.79 Å². The Hall–Kier alpha value is -1.38. The highest BCUT2D eigenvalue weighted by atomic mass is 19.1. The Labute approximate surface area is 114 Å². The molecule has 1 aromatic rings. The van der Waals surface area contributed by atoms with Crippen LogP contribution in [0.4, 0.5) is 4.39 Å². The lowest BCUT2D eigenvalue weighted by molar-refractivity contribution is -0.130. The summed E-state index contributed by atoms with van der Waals surface area (Å²) >= 11 is 0. The van der Waals surface area contributed by atoms with Crippen LogP contribution >= 0.6 is 0 Å². The third-order valence-electron chi connectivity index (χ3n) is 4.03. The van der Waals surface area contributed by atoms with Gasteiger partial charge in [0.2, 0.25) is 5.91 Å². The van der Waals surface area contributed by atoms with Gasteiger partial charge in [-0.15, -0.1) is 0 Å². The van der Waals surface area contributed by atoms with Crippen molar-refractivity contribution in [3.8, 4) is 0 Å². The zero-order chi connectivity index (χ0) is 13.7. The molecule has 0 unspecified atom stereocenters. The molecule has 3 heteroatoms. The molecule has 0 heterocycles. The highest BCUT2D eigenvalue weighted by Gasteiger charge is 2.18. The minimum atomic E-state index is -0.238. The van der Waals surface area contributed by atoms with Crippen molar-refractivity contribution in [2.45, 2.75) is 45.1 Å². The predicted octanol–water partition coefficient (Wildman–Crippen LogP) is 3.75. The SMILES string of the molecule is CN(Cc1ccccc1F)C(=O)CCC1CCCC1. The molecule has 0 N–H and O–H groups in total. The molecule has 0 aliphatic heterocycles. The summed E-state index contributed by atoms with van der Waals surface area (Å²) in [6.45, 7) is 0.357. The maximum Gasteiger partial charge on any atom is 0.222 e. The van der Waals surface area contributed by atoms with Crippen LogP contribution < -0.4 is 0 Å². The second kappa shape index (κ2) is 6.69. The first kappa shape index (κ1) is 14.0. The van der Waals surface area contributed by atoms with Crippen LogP contribution in [0.5, 0.6) is 0 Å². The van der Waals surface area contributed by atoms with Crippen molar-refractivity contribution in [1.82, 2.24) is 4.90 Å². The molecule has 0 atom stereocenters. The lowest BCUT2D eigenvalue weighted by Gasteiger charge is -2.18. The van der Waals surface area contributed by atoms with Crippen LogP contribution in [0.3, 0.4) is 0 Å². The van der Waals surface area contributed by atoms with Gasteiger partial charge in [-0.25, -0.2) is 4.39 Å². The number of carbonyl (C=O) groups is 1. The summed E-state index contributed by atoms with van der Waals surface area (Å²) in [4.78, 5) is 13.7. The topological polar surface area (TPSA) is 20.3 Å². The maximum atomic E-state index is 13.5. The van der Waals surface area contributed by atoms with E-state index < -0.39 is 0 Å².